The normalized spacial score (nSPS) is 19.7. The zero-order valence-electron chi connectivity index (χ0n) is 9.48. The molecule has 88 valence electrons. The lowest BCUT2D eigenvalue weighted by Gasteiger charge is -2.11. The maximum absolute atomic E-state index is 5.66. The Hall–Kier alpha value is -1.36. The van der Waals surface area contributed by atoms with Crippen molar-refractivity contribution in [3.05, 3.63) is 12.4 Å². The minimum atomic E-state index is 0.121. The second-order valence-corrected chi connectivity index (χ2v) is 3.77. The summed E-state index contributed by atoms with van der Waals surface area (Å²) in [4.78, 5) is 8.41. The molecule has 1 atom stereocenters. The van der Waals surface area contributed by atoms with E-state index in [0.717, 1.165) is 31.8 Å². The van der Waals surface area contributed by atoms with Crippen molar-refractivity contribution in [3.63, 3.8) is 0 Å². The van der Waals surface area contributed by atoms with Crippen molar-refractivity contribution < 1.29 is 9.47 Å². The third-order valence-corrected chi connectivity index (χ3v) is 2.34. The molecule has 1 unspecified atom stereocenters. The first kappa shape index (κ1) is 11.1. The number of rotatable bonds is 5. The Kier molecular flexibility index (Phi) is 3.93. The second-order valence-electron chi connectivity index (χ2n) is 3.77. The van der Waals surface area contributed by atoms with Gasteiger partial charge in [0.1, 0.15) is 11.9 Å². The molecular weight excluding hydrogens is 206 g/mol. The molecule has 0 radical (unpaired) electrons. The largest absolute Gasteiger partial charge is 0.471 e. The number of nitrogens with zero attached hydrogens (tertiary/aromatic N) is 2. The monoisotopic (exact) mass is 223 g/mol. The van der Waals surface area contributed by atoms with Crippen LogP contribution < -0.4 is 10.1 Å². The Bertz CT molecular complexity index is 327. The van der Waals surface area contributed by atoms with Crippen molar-refractivity contribution in [1.82, 2.24) is 9.97 Å². The SMILES string of the molecule is CCCNc1cncc(OC2CCOC2)n1. The lowest BCUT2D eigenvalue weighted by molar-refractivity contribution is 0.138. The summed E-state index contributed by atoms with van der Waals surface area (Å²) in [5.41, 5.74) is 0. The number of aromatic nitrogens is 2. The minimum absolute atomic E-state index is 0.121. The van der Waals surface area contributed by atoms with Crippen LogP contribution in [-0.2, 0) is 4.74 Å². The first-order valence-corrected chi connectivity index (χ1v) is 5.69. The molecule has 0 bridgehead atoms. The molecule has 0 aliphatic carbocycles. The molecule has 1 fully saturated rings. The van der Waals surface area contributed by atoms with E-state index < -0.39 is 0 Å². The van der Waals surface area contributed by atoms with Crippen LogP contribution in [-0.4, -0.2) is 35.8 Å². The zero-order chi connectivity index (χ0) is 11.2. The number of hydrogen-bond acceptors (Lipinski definition) is 5. The van der Waals surface area contributed by atoms with Gasteiger partial charge in [0.15, 0.2) is 0 Å². The molecule has 0 saturated carbocycles. The van der Waals surface area contributed by atoms with Gasteiger partial charge in [0.25, 0.3) is 0 Å². The minimum Gasteiger partial charge on any atom is -0.471 e. The molecule has 1 saturated heterocycles. The Labute approximate surface area is 95.2 Å². The first-order chi connectivity index (χ1) is 7.88. The number of ether oxygens (including phenoxy) is 2. The fourth-order valence-electron chi connectivity index (χ4n) is 1.52. The maximum atomic E-state index is 5.66. The molecule has 1 aromatic heterocycles. The standard InChI is InChI=1S/C11H17N3O2/c1-2-4-13-10-6-12-7-11(14-10)16-9-3-5-15-8-9/h6-7,9H,2-5,8H2,1H3,(H,13,14). The molecular formula is C11H17N3O2. The molecule has 16 heavy (non-hydrogen) atoms. The smallest absolute Gasteiger partial charge is 0.234 e. The highest BCUT2D eigenvalue weighted by molar-refractivity contribution is 5.33. The molecule has 1 aliphatic rings. The van der Waals surface area contributed by atoms with E-state index in [4.69, 9.17) is 9.47 Å². The van der Waals surface area contributed by atoms with Gasteiger partial charge < -0.3 is 14.8 Å². The predicted molar refractivity (Wildman–Crippen MR) is 60.7 cm³/mol. The Balaban J connectivity index is 1.92. The van der Waals surface area contributed by atoms with Crippen LogP contribution in [0.1, 0.15) is 19.8 Å². The summed E-state index contributed by atoms with van der Waals surface area (Å²) in [5, 5.41) is 3.17. The van der Waals surface area contributed by atoms with Gasteiger partial charge >= 0.3 is 0 Å². The zero-order valence-corrected chi connectivity index (χ0v) is 9.48. The molecule has 0 aromatic carbocycles. The summed E-state index contributed by atoms with van der Waals surface area (Å²) in [6.07, 6.45) is 5.44. The Morgan fingerprint density at radius 3 is 3.25 bits per heavy atom. The quantitative estimate of drug-likeness (QED) is 0.819. The van der Waals surface area contributed by atoms with Crippen molar-refractivity contribution in [2.24, 2.45) is 0 Å². The van der Waals surface area contributed by atoms with Crippen molar-refractivity contribution >= 4 is 5.82 Å². The fraction of sp³-hybridized carbons (Fsp3) is 0.636. The van der Waals surface area contributed by atoms with E-state index >= 15 is 0 Å². The molecule has 0 amide bonds. The highest BCUT2D eigenvalue weighted by Gasteiger charge is 2.17. The summed E-state index contributed by atoms with van der Waals surface area (Å²) in [6.45, 7) is 4.42. The number of nitrogens with one attached hydrogen (secondary N) is 1. The van der Waals surface area contributed by atoms with E-state index in [1.165, 1.54) is 0 Å². The molecule has 1 aliphatic heterocycles. The van der Waals surface area contributed by atoms with Gasteiger partial charge in [-0.15, -0.1) is 0 Å². The average Bonchev–Trinajstić information content (AvgIpc) is 2.80. The van der Waals surface area contributed by atoms with Gasteiger partial charge in [-0.25, -0.2) is 0 Å². The van der Waals surface area contributed by atoms with Crippen LogP contribution in [0.25, 0.3) is 0 Å². The van der Waals surface area contributed by atoms with Crippen LogP contribution >= 0.6 is 0 Å². The summed E-state index contributed by atoms with van der Waals surface area (Å²) in [6, 6.07) is 0. The van der Waals surface area contributed by atoms with Crippen LogP contribution in [0.5, 0.6) is 5.88 Å². The van der Waals surface area contributed by atoms with E-state index in [-0.39, 0.29) is 6.10 Å². The second kappa shape index (κ2) is 5.65. The van der Waals surface area contributed by atoms with Crippen molar-refractivity contribution in [2.45, 2.75) is 25.9 Å². The molecule has 2 heterocycles. The van der Waals surface area contributed by atoms with E-state index in [0.29, 0.717) is 12.5 Å². The molecule has 5 nitrogen and oxygen atoms in total. The average molecular weight is 223 g/mol. The lowest BCUT2D eigenvalue weighted by Crippen LogP contribution is -2.17. The van der Waals surface area contributed by atoms with Crippen LogP contribution in [0.4, 0.5) is 5.82 Å². The Morgan fingerprint density at radius 2 is 2.50 bits per heavy atom. The van der Waals surface area contributed by atoms with Gasteiger partial charge in [-0.3, -0.25) is 4.98 Å². The van der Waals surface area contributed by atoms with Crippen molar-refractivity contribution in [2.75, 3.05) is 25.1 Å². The fourth-order valence-corrected chi connectivity index (χ4v) is 1.52. The maximum Gasteiger partial charge on any atom is 0.234 e. The summed E-state index contributed by atoms with van der Waals surface area (Å²) in [7, 11) is 0. The number of anilines is 1. The first-order valence-electron chi connectivity index (χ1n) is 5.69. The topological polar surface area (TPSA) is 56.3 Å². The van der Waals surface area contributed by atoms with Gasteiger partial charge in [-0.05, 0) is 6.42 Å². The molecule has 2 rings (SSSR count). The van der Waals surface area contributed by atoms with E-state index in [9.17, 15) is 0 Å². The van der Waals surface area contributed by atoms with Crippen molar-refractivity contribution in [3.8, 4) is 5.88 Å². The van der Waals surface area contributed by atoms with E-state index in [2.05, 4.69) is 22.2 Å². The third kappa shape index (κ3) is 3.06. The highest BCUT2D eigenvalue weighted by atomic mass is 16.5. The summed E-state index contributed by atoms with van der Waals surface area (Å²) < 4.78 is 10.9. The van der Waals surface area contributed by atoms with Gasteiger partial charge in [0, 0.05) is 13.0 Å². The van der Waals surface area contributed by atoms with Crippen LogP contribution in [0.2, 0.25) is 0 Å². The third-order valence-electron chi connectivity index (χ3n) is 2.34. The lowest BCUT2D eigenvalue weighted by atomic mass is 10.3. The van der Waals surface area contributed by atoms with E-state index in [1.807, 2.05) is 0 Å². The number of hydrogen-bond donors (Lipinski definition) is 1. The van der Waals surface area contributed by atoms with Gasteiger partial charge in [0.05, 0.1) is 25.6 Å². The summed E-state index contributed by atoms with van der Waals surface area (Å²) in [5.74, 6) is 1.33. The van der Waals surface area contributed by atoms with Gasteiger partial charge in [-0.2, -0.15) is 4.98 Å². The molecule has 1 aromatic rings. The molecule has 5 heteroatoms. The van der Waals surface area contributed by atoms with Gasteiger partial charge in [0.2, 0.25) is 5.88 Å². The van der Waals surface area contributed by atoms with Gasteiger partial charge in [-0.1, -0.05) is 6.92 Å². The van der Waals surface area contributed by atoms with Crippen LogP contribution in [0, 0.1) is 0 Å². The van der Waals surface area contributed by atoms with Crippen molar-refractivity contribution in [1.29, 1.82) is 0 Å². The summed E-state index contributed by atoms with van der Waals surface area (Å²) >= 11 is 0. The predicted octanol–water partition coefficient (Wildman–Crippen LogP) is 1.47. The molecule has 1 N–H and O–H groups in total. The highest BCUT2D eigenvalue weighted by Crippen LogP contribution is 2.15. The van der Waals surface area contributed by atoms with Crippen LogP contribution in [0.3, 0.4) is 0 Å². The molecule has 0 spiro atoms. The Morgan fingerprint density at radius 1 is 1.56 bits per heavy atom. The van der Waals surface area contributed by atoms with Crippen LogP contribution in [0.15, 0.2) is 12.4 Å². The van der Waals surface area contributed by atoms with E-state index in [1.54, 1.807) is 12.4 Å².